The molecule has 0 unspecified atom stereocenters. The summed E-state index contributed by atoms with van der Waals surface area (Å²) in [5.41, 5.74) is 6.35. The van der Waals surface area contributed by atoms with E-state index >= 15 is 0 Å². The molecule has 0 atom stereocenters. The van der Waals surface area contributed by atoms with Crippen molar-refractivity contribution >= 4 is 40.0 Å². The number of amides is 1. The minimum Gasteiger partial charge on any atom is -0.382 e. The smallest absolute Gasteiger partial charge is 0.276 e. The van der Waals surface area contributed by atoms with Gasteiger partial charge in [-0.2, -0.15) is 0 Å². The van der Waals surface area contributed by atoms with E-state index < -0.39 is 0 Å². The Morgan fingerprint density at radius 2 is 2.06 bits per heavy atom. The topological polar surface area (TPSA) is 80.9 Å². The summed E-state index contributed by atoms with van der Waals surface area (Å²) < 4.78 is 1.05. The number of aromatic nitrogens is 2. The van der Waals surface area contributed by atoms with E-state index in [0.29, 0.717) is 0 Å². The van der Waals surface area contributed by atoms with Crippen molar-refractivity contribution in [3.8, 4) is 0 Å². The van der Waals surface area contributed by atoms with Crippen molar-refractivity contribution in [2.24, 2.45) is 0 Å². The Labute approximate surface area is 112 Å². The highest BCUT2D eigenvalue weighted by molar-refractivity contribution is 14.1. The second kappa shape index (κ2) is 5.09. The lowest BCUT2D eigenvalue weighted by Gasteiger charge is -2.04. The third-order valence-electron chi connectivity index (χ3n) is 2.00. The molecule has 0 saturated carbocycles. The van der Waals surface area contributed by atoms with Crippen LogP contribution in [0.25, 0.3) is 0 Å². The summed E-state index contributed by atoms with van der Waals surface area (Å²) in [7, 11) is 0. The number of nitrogen functional groups attached to an aromatic ring is 1. The second-order valence-electron chi connectivity index (χ2n) is 3.31. The summed E-state index contributed by atoms with van der Waals surface area (Å²) >= 11 is 2.18. The summed E-state index contributed by atoms with van der Waals surface area (Å²) in [6.07, 6.45) is 0. The van der Waals surface area contributed by atoms with Crippen LogP contribution in [0.3, 0.4) is 0 Å². The molecule has 0 radical (unpaired) electrons. The van der Waals surface area contributed by atoms with E-state index in [0.717, 1.165) is 9.26 Å². The zero-order chi connectivity index (χ0) is 12.3. The van der Waals surface area contributed by atoms with Crippen LogP contribution in [-0.2, 0) is 0 Å². The Morgan fingerprint density at radius 1 is 1.24 bits per heavy atom. The van der Waals surface area contributed by atoms with Gasteiger partial charge in [-0.25, -0.2) is 0 Å². The first-order valence-electron chi connectivity index (χ1n) is 4.81. The molecule has 1 aromatic heterocycles. The van der Waals surface area contributed by atoms with E-state index in [4.69, 9.17) is 5.73 Å². The largest absolute Gasteiger partial charge is 0.382 e. The lowest BCUT2D eigenvalue weighted by atomic mass is 10.3. The van der Waals surface area contributed by atoms with Crippen molar-refractivity contribution in [1.82, 2.24) is 10.2 Å². The maximum absolute atomic E-state index is 11.8. The molecule has 0 aliphatic heterocycles. The number of carbonyl (C=O) groups excluding carboxylic acids is 1. The van der Waals surface area contributed by atoms with E-state index in [9.17, 15) is 4.79 Å². The molecular weight excluding hydrogens is 331 g/mol. The van der Waals surface area contributed by atoms with Crippen LogP contribution in [0.5, 0.6) is 0 Å². The van der Waals surface area contributed by atoms with Gasteiger partial charge in [0.25, 0.3) is 5.91 Å². The first-order valence-corrected chi connectivity index (χ1v) is 5.89. The molecule has 2 aromatic rings. The van der Waals surface area contributed by atoms with E-state index in [2.05, 4.69) is 38.1 Å². The number of nitrogens with one attached hydrogen (secondary N) is 1. The molecule has 0 bridgehead atoms. The van der Waals surface area contributed by atoms with Gasteiger partial charge in [0.2, 0.25) is 0 Å². The monoisotopic (exact) mass is 340 g/mol. The average molecular weight is 340 g/mol. The van der Waals surface area contributed by atoms with E-state index in [1.807, 2.05) is 24.3 Å². The zero-order valence-corrected chi connectivity index (χ0v) is 10.9. The number of rotatable bonds is 2. The first kappa shape index (κ1) is 11.8. The van der Waals surface area contributed by atoms with Gasteiger partial charge >= 0.3 is 0 Å². The van der Waals surface area contributed by atoms with E-state index in [1.165, 1.54) is 12.1 Å². The highest BCUT2D eigenvalue weighted by Gasteiger charge is 2.07. The third-order valence-corrected chi connectivity index (χ3v) is 2.67. The van der Waals surface area contributed by atoms with E-state index in [-0.39, 0.29) is 17.4 Å². The summed E-state index contributed by atoms with van der Waals surface area (Å²) in [5.74, 6) is -0.0182. The van der Waals surface area contributed by atoms with E-state index in [1.54, 1.807) is 0 Å². The molecule has 2 rings (SSSR count). The molecule has 0 fully saturated rings. The van der Waals surface area contributed by atoms with Gasteiger partial charge in [0.05, 0.1) is 0 Å². The van der Waals surface area contributed by atoms with Crippen LogP contribution < -0.4 is 11.1 Å². The van der Waals surface area contributed by atoms with Crippen molar-refractivity contribution < 1.29 is 4.79 Å². The highest BCUT2D eigenvalue weighted by atomic mass is 127. The van der Waals surface area contributed by atoms with Gasteiger partial charge in [-0.1, -0.05) is 6.07 Å². The number of benzene rings is 1. The Morgan fingerprint density at radius 3 is 2.71 bits per heavy atom. The molecule has 0 saturated heterocycles. The number of anilines is 2. The van der Waals surface area contributed by atoms with Crippen molar-refractivity contribution in [2.75, 3.05) is 11.1 Å². The third kappa shape index (κ3) is 3.13. The summed E-state index contributed by atoms with van der Waals surface area (Å²) in [5, 5.41) is 10.1. The number of hydrogen-bond acceptors (Lipinski definition) is 4. The molecule has 86 valence electrons. The van der Waals surface area contributed by atoms with Gasteiger partial charge in [-0.05, 0) is 52.9 Å². The van der Waals surface area contributed by atoms with Crippen molar-refractivity contribution in [1.29, 1.82) is 0 Å². The van der Waals surface area contributed by atoms with Crippen LogP contribution in [0.4, 0.5) is 11.5 Å². The van der Waals surface area contributed by atoms with Gasteiger partial charge in [0.15, 0.2) is 5.69 Å². The minimum absolute atomic E-state index is 0.234. The molecule has 17 heavy (non-hydrogen) atoms. The Kier molecular flexibility index (Phi) is 3.52. The van der Waals surface area contributed by atoms with Gasteiger partial charge in [0.1, 0.15) is 5.82 Å². The van der Waals surface area contributed by atoms with Crippen LogP contribution in [0.15, 0.2) is 36.4 Å². The standard InChI is InChI=1S/C11H9IN4O/c12-7-2-1-3-8(6-7)14-11(17)9-4-5-10(13)16-15-9/h1-6H,(H2,13,16)(H,14,17). The van der Waals surface area contributed by atoms with Crippen LogP contribution in [0.2, 0.25) is 0 Å². The number of nitrogens with zero attached hydrogens (tertiary/aromatic N) is 2. The number of hydrogen-bond donors (Lipinski definition) is 2. The Balaban J connectivity index is 2.14. The second-order valence-corrected chi connectivity index (χ2v) is 4.55. The van der Waals surface area contributed by atoms with Gasteiger partial charge in [0, 0.05) is 9.26 Å². The first-order chi connectivity index (χ1) is 8.15. The normalized spacial score (nSPS) is 9.94. The molecule has 0 aliphatic rings. The Bertz CT molecular complexity index is 541. The predicted molar refractivity (Wildman–Crippen MR) is 73.6 cm³/mol. The number of carbonyl (C=O) groups is 1. The van der Waals surface area contributed by atoms with Crippen molar-refractivity contribution in [2.45, 2.75) is 0 Å². The number of nitrogens with two attached hydrogens (primary N) is 1. The molecule has 1 amide bonds. The maximum Gasteiger partial charge on any atom is 0.276 e. The van der Waals surface area contributed by atoms with Crippen molar-refractivity contribution in [3.05, 3.63) is 45.7 Å². The lowest BCUT2D eigenvalue weighted by molar-refractivity contribution is 0.102. The fourth-order valence-electron chi connectivity index (χ4n) is 1.23. The molecular formula is C11H9IN4O. The van der Waals surface area contributed by atoms with Gasteiger partial charge < -0.3 is 11.1 Å². The lowest BCUT2D eigenvalue weighted by Crippen LogP contribution is -2.14. The number of halogens is 1. The van der Waals surface area contributed by atoms with Crippen molar-refractivity contribution in [3.63, 3.8) is 0 Å². The molecule has 0 spiro atoms. The average Bonchev–Trinajstić information content (AvgIpc) is 2.29. The fraction of sp³-hybridized carbons (Fsp3) is 0. The quantitative estimate of drug-likeness (QED) is 0.819. The zero-order valence-electron chi connectivity index (χ0n) is 8.72. The minimum atomic E-state index is -0.306. The SMILES string of the molecule is Nc1ccc(C(=O)Nc2cccc(I)c2)nn1. The molecule has 0 aliphatic carbocycles. The van der Waals surface area contributed by atoms with Gasteiger partial charge in [-0.15, -0.1) is 10.2 Å². The van der Waals surface area contributed by atoms with Crippen LogP contribution in [0, 0.1) is 3.57 Å². The van der Waals surface area contributed by atoms with Crippen LogP contribution >= 0.6 is 22.6 Å². The molecule has 1 heterocycles. The Hall–Kier alpha value is -1.70. The summed E-state index contributed by atoms with van der Waals surface area (Å²) in [4.78, 5) is 11.8. The summed E-state index contributed by atoms with van der Waals surface area (Å²) in [6, 6.07) is 10.6. The maximum atomic E-state index is 11.8. The molecule has 6 heteroatoms. The molecule has 5 nitrogen and oxygen atoms in total. The van der Waals surface area contributed by atoms with Crippen LogP contribution in [-0.4, -0.2) is 16.1 Å². The molecule has 1 aromatic carbocycles. The van der Waals surface area contributed by atoms with Gasteiger partial charge in [-0.3, -0.25) is 4.79 Å². The highest BCUT2D eigenvalue weighted by Crippen LogP contribution is 2.13. The predicted octanol–water partition coefficient (Wildman–Crippen LogP) is 1.92. The molecule has 3 N–H and O–H groups in total. The van der Waals surface area contributed by atoms with Crippen LogP contribution in [0.1, 0.15) is 10.5 Å². The summed E-state index contributed by atoms with van der Waals surface area (Å²) in [6.45, 7) is 0. The fourth-order valence-corrected chi connectivity index (χ4v) is 1.77.